The molecule has 0 fully saturated rings. The Morgan fingerprint density at radius 1 is 1.33 bits per heavy atom. The Bertz CT molecular complexity index is 578. The van der Waals surface area contributed by atoms with E-state index in [9.17, 15) is 4.79 Å². The van der Waals surface area contributed by atoms with Crippen LogP contribution in [0.4, 0.5) is 0 Å². The van der Waals surface area contributed by atoms with Gasteiger partial charge in [0.05, 0.1) is 18.2 Å². The number of aromatic amines is 1. The molecule has 0 amide bonds. The summed E-state index contributed by atoms with van der Waals surface area (Å²) in [4.78, 5) is 11.4. The van der Waals surface area contributed by atoms with Crippen LogP contribution in [-0.2, 0) is 5.88 Å². The minimum absolute atomic E-state index is 0.169. The van der Waals surface area contributed by atoms with Gasteiger partial charge in [0.2, 0.25) is 0 Å². The van der Waals surface area contributed by atoms with Gasteiger partial charge in [-0.05, 0) is 37.3 Å². The second-order valence-corrected chi connectivity index (χ2v) is 3.97. The summed E-state index contributed by atoms with van der Waals surface area (Å²) in [7, 11) is 0. The first kappa shape index (κ1) is 12.6. The molecule has 94 valence electrons. The van der Waals surface area contributed by atoms with Crippen molar-refractivity contribution in [3.8, 4) is 17.0 Å². The van der Waals surface area contributed by atoms with Crippen molar-refractivity contribution >= 4 is 11.6 Å². The highest BCUT2D eigenvalue weighted by atomic mass is 35.5. The summed E-state index contributed by atoms with van der Waals surface area (Å²) >= 11 is 5.69. The van der Waals surface area contributed by atoms with E-state index in [0.29, 0.717) is 17.9 Å². The van der Waals surface area contributed by atoms with E-state index < -0.39 is 0 Å². The molecule has 2 rings (SSSR count). The van der Waals surface area contributed by atoms with Crippen LogP contribution in [-0.4, -0.2) is 16.8 Å². The highest BCUT2D eigenvalue weighted by molar-refractivity contribution is 6.17. The Morgan fingerprint density at radius 3 is 2.67 bits per heavy atom. The molecule has 1 aromatic heterocycles. The van der Waals surface area contributed by atoms with Crippen molar-refractivity contribution in [2.75, 3.05) is 6.61 Å². The number of aromatic nitrogens is 2. The van der Waals surface area contributed by atoms with E-state index in [1.54, 1.807) is 6.07 Å². The third kappa shape index (κ3) is 2.71. The van der Waals surface area contributed by atoms with Crippen molar-refractivity contribution in [1.29, 1.82) is 0 Å². The molecule has 5 heteroatoms. The van der Waals surface area contributed by atoms with Crippen molar-refractivity contribution in [2.24, 2.45) is 0 Å². The zero-order chi connectivity index (χ0) is 13.0. The van der Waals surface area contributed by atoms with Gasteiger partial charge in [0.15, 0.2) is 0 Å². The molecule has 0 unspecified atom stereocenters. The fourth-order valence-corrected chi connectivity index (χ4v) is 1.78. The van der Waals surface area contributed by atoms with Crippen LogP contribution in [0.1, 0.15) is 12.5 Å². The first-order chi connectivity index (χ1) is 8.74. The van der Waals surface area contributed by atoms with E-state index in [-0.39, 0.29) is 11.4 Å². The number of nitrogens with zero attached hydrogens (tertiary/aromatic N) is 1. The molecular formula is C13H13ClN2O2. The Morgan fingerprint density at radius 2 is 2.06 bits per heavy atom. The third-order valence-electron chi connectivity index (χ3n) is 2.49. The van der Waals surface area contributed by atoms with E-state index >= 15 is 0 Å². The number of hydrogen-bond acceptors (Lipinski definition) is 3. The van der Waals surface area contributed by atoms with Crippen LogP contribution in [0, 0.1) is 0 Å². The molecule has 18 heavy (non-hydrogen) atoms. The maximum Gasteiger partial charge on any atom is 0.268 e. The van der Waals surface area contributed by atoms with E-state index in [1.807, 2.05) is 31.2 Å². The van der Waals surface area contributed by atoms with Crippen molar-refractivity contribution in [3.05, 3.63) is 46.2 Å². The van der Waals surface area contributed by atoms with E-state index in [1.165, 1.54) is 0 Å². The van der Waals surface area contributed by atoms with Crippen LogP contribution in [0.25, 0.3) is 11.3 Å². The molecule has 0 radical (unpaired) electrons. The SMILES string of the molecule is CCOc1ccc(-c2cc(CCl)c(=O)[nH]n2)cc1. The monoisotopic (exact) mass is 264 g/mol. The zero-order valence-electron chi connectivity index (χ0n) is 9.94. The average Bonchev–Trinajstić information content (AvgIpc) is 2.41. The molecule has 0 aliphatic rings. The highest BCUT2D eigenvalue weighted by Gasteiger charge is 2.04. The van der Waals surface area contributed by atoms with Crippen LogP contribution in [0.2, 0.25) is 0 Å². The lowest BCUT2D eigenvalue weighted by atomic mass is 10.1. The van der Waals surface area contributed by atoms with Gasteiger partial charge >= 0.3 is 0 Å². The molecule has 0 spiro atoms. The fourth-order valence-electron chi connectivity index (χ4n) is 1.58. The quantitative estimate of drug-likeness (QED) is 0.864. The normalized spacial score (nSPS) is 10.3. The van der Waals surface area contributed by atoms with Gasteiger partial charge in [0.1, 0.15) is 5.75 Å². The van der Waals surface area contributed by atoms with Gasteiger partial charge in [-0.25, -0.2) is 5.10 Å². The number of alkyl halides is 1. The second-order valence-electron chi connectivity index (χ2n) is 3.70. The van der Waals surface area contributed by atoms with Crippen LogP contribution >= 0.6 is 11.6 Å². The maximum absolute atomic E-state index is 11.4. The van der Waals surface area contributed by atoms with Crippen molar-refractivity contribution in [2.45, 2.75) is 12.8 Å². The summed E-state index contributed by atoms with van der Waals surface area (Å²) in [6, 6.07) is 9.22. The molecule has 2 aromatic rings. The number of benzene rings is 1. The number of H-pyrrole nitrogens is 1. The van der Waals surface area contributed by atoms with Crippen LogP contribution < -0.4 is 10.3 Å². The molecule has 0 bridgehead atoms. The first-order valence-electron chi connectivity index (χ1n) is 5.62. The lowest BCUT2D eigenvalue weighted by Gasteiger charge is -2.05. The van der Waals surface area contributed by atoms with Gasteiger partial charge in [-0.2, -0.15) is 5.10 Å². The molecule has 1 aromatic carbocycles. The Balaban J connectivity index is 2.33. The van der Waals surface area contributed by atoms with Gasteiger partial charge in [0.25, 0.3) is 5.56 Å². The van der Waals surface area contributed by atoms with Gasteiger partial charge < -0.3 is 4.74 Å². The molecular weight excluding hydrogens is 252 g/mol. The largest absolute Gasteiger partial charge is 0.494 e. The van der Waals surface area contributed by atoms with Gasteiger partial charge in [0, 0.05) is 11.1 Å². The third-order valence-corrected chi connectivity index (χ3v) is 2.77. The summed E-state index contributed by atoms with van der Waals surface area (Å²) in [6.45, 7) is 2.57. The number of ether oxygens (including phenoxy) is 1. The van der Waals surface area contributed by atoms with Gasteiger partial charge in [-0.3, -0.25) is 4.79 Å². The molecule has 0 saturated heterocycles. The second kappa shape index (κ2) is 5.69. The number of halogens is 1. The zero-order valence-corrected chi connectivity index (χ0v) is 10.7. The average molecular weight is 265 g/mol. The molecule has 1 heterocycles. The van der Waals surface area contributed by atoms with Gasteiger partial charge in [-0.1, -0.05) is 0 Å². The Hall–Kier alpha value is -1.81. The smallest absolute Gasteiger partial charge is 0.268 e. The molecule has 0 atom stereocenters. The number of hydrogen-bond donors (Lipinski definition) is 1. The van der Waals surface area contributed by atoms with Crippen LogP contribution in [0.3, 0.4) is 0 Å². The van der Waals surface area contributed by atoms with Crippen LogP contribution in [0.5, 0.6) is 5.75 Å². The lowest BCUT2D eigenvalue weighted by Crippen LogP contribution is -2.13. The predicted molar refractivity (Wildman–Crippen MR) is 71.0 cm³/mol. The van der Waals surface area contributed by atoms with Crippen molar-refractivity contribution < 1.29 is 4.74 Å². The maximum atomic E-state index is 11.4. The minimum atomic E-state index is -0.250. The minimum Gasteiger partial charge on any atom is -0.494 e. The summed E-state index contributed by atoms with van der Waals surface area (Å²) in [5.41, 5.74) is 1.85. The summed E-state index contributed by atoms with van der Waals surface area (Å²) in [5, 5.41) is 6.43. The molecule has 0 saturated carbocycles. The van der Waals surface area contributed by atoms with Crippen molar-refractivity contribution in [1.82, 2.24) is 10.2 Å². The van der Waals surface area contributed by atoms with E-state index in [0.717, 1.165) is 11.3 Å². The van der Waals surface area contributed by atoms with Gasteiger partial charge in [-0.15, -0.1) is 11.6 Å². The molecule has 4 nitrogen and oxygen atoms in total. The first-order valence-corrected chi connectivity index (χ1v) is 6.16. The molecule has 1 N–H and O–H groups in total. The predicted octanol–water partition coefficient (Wildman–Crippen LogP) is 2.57. The standard InChI is InChI=1S/C13H13ClN2O2/c1-2-18-11-5-3-9(4-6-11)12-7-10(8-14)13(17)16-15-12/h3-7H,2,8H2,1H3,(H,16,17). The Labute approximate surface area is 110 Å². The van der Waals surface area contributed by atoms with Crippen LogP contribution in [0.15, 0.2) is 35.1 Å². The molecule has 0 aliphatic carbocycles. The summed E-state index contributed by atoms with van der Waals surface area (Å²) < 4.78 is 5.36. The Kier molecular flexibility index (Phi) is 3.99. The number of nitrogens with one attached hydrogen (secondary N) is 1. The summed E-state index contributed by atoms with van der Waals surface area (Å²) in [6.07, 6.45) is 0. The molecule has 0 aliphatic heterocycles. The van der Waals surface area contributed by atoms with Crippen molar-refractivity contribution in [3.63, 3.8) is 0 Å². The van der Waals surface area contributed by atoms with E-state index in [2.05, 4.69) is 10.2 Å². The highest BCUT2D eigenvalue weighted by Crippen LogP contribution is 2.20. The van der Waals surface area contributed by atoms with E-state index in [4.69, 9.17) is 16.3 Å². The lowest BCUT2D eigenvalue weighted by molar-refractivity contribution is 0.340. The topological polar surface area (TPSA) is 55.0 Å². The fraction of sp³-hybridized carbons (Fsp3) is 0.231. The number of rotatable bonds is 4. The summed E-state index contributed by atoms with van der Waals surface area (Å²) in [5.74, 6) is 0.977.